The summed E-state index contributed by atoms with van der Waals surface area (Å²) in [6.45, 7) is 0. The lowest BCUT2D eigenvalue weighted by molar-refractivity contribution is 0.0868. The second kappa shape index (κ2) is 4.69. The molecule has 94 valence electrons. The minimum atomic E-state index is -0.440. The Morgan fingerprint density at radius 2 is 1.68 bits per heavy atom. The van der Waals surface area contributed by atoms with Crippen molar-refractivity contribution in [1.82, 2.24) is 5.32 Å². The quantitative estimate of drug-likeness (QED) is 0.889. The van der Waals surface area contributed by atoms with Crippen molar-refractivity contribution in [1.29, 1.82) is 0 Å². The van der Waals surface area contributed by atoms with Gasteiger partial charge in [-0.05, 0) is 17.7 Å². The van der Waals surface area contributed by atoms with Crippen LogP contribution in [0, 0.1) is 0 Å². The number of amides is 1. The van der Waals surface area contributed by atoms with Crippen molar-refractivity contribution in [3.8, 4) is 0 Å². The number of benzene rings is 2. The topological polar surface area (TPSA) is 46.2 Å². The van der Waals surface area contributed by atoms with Crippen molar-refractivity contribution in [2.24, 2.45) is 0 Å². The number of Topliss-reactive ketones (excluding diaryl/α,β-unsaturated/α-hetero) is 1. The van der Waals surface area contributed by atoms with Crippen LogP contribution in [0.4, 0.5) is 0 Å². The van der Waals surface area contributed by atoms with E-state index in [-0.39, 0.29) is 11.7 Å². The first-order chi connectivity index (χ1) is 9.25. The first-order valence-electron chi connectivity index (χ1n) is 6.24. The average Bonchev–Trinajstić information content (AvgIpc) is 2.77. The Kier molecular flexibility index (Phi) is 2.88. The fourth-order valence-electron chi connectivity index (χ4n) is 2.39. The second-order valence-electron chi connectivity index (χ2n) is 4.62. The van der Waals surface area contributed by atoms with Gasteiger partial charge in [-0.3, -0.25) is 9.59 Å². The zero-order chi connectivity index (χ0) is 13.2. The smallest absolute Gasteiger partial charge is 0.251 e. The minimum Gasteiger partial charge on any atom is -0.342 e. The van der Waals surface area contributed by atoms with Crippen LogP contribution in [0.25, 0.3) is 0 Å². The van der Waals surface area contributed by atoms with E-state index >= 15 is 0 Å². The van der Waals surface area contributed by atoms with E-state index in [4.69, 9.17) is 0 Å². The molecule has 0 saturated carbocycles. The maximum Gasteiger partial charge on any atom is 0.251 e. The Labute approximate surface area is 111 Å². The lowest BCUT2D eigenvalue weighted by atomic mass is 10.1. The summed E-state index contributed by atoms with van der Waals surface area (Å²) in [7, 11) is 0. The summed E-state index contributed by atoms with van der Waals surface area (Å²) in [6.07, 6.45) is 0.577. The number of nitrogens with one attached hydrogen (secondary N) is 1. The van der Waals surface area contributed by atoms with E-state index in [1.54, 1.807) is 24.3 Å². The highest BCUT2D eigenvalue weighted by atomic mass is 16.2. The van der Waals surface area contributed by atoms with Gasteiger partial charge < -0.3 is 5.32 Å². The van der Waals surface area contributed by atoms with E-state index in [0.29, 0.717) is 12.0 Å². The third-order valence-corrected chi connectivity index (χ3v) is 3.36. The molecular weight excluding hydrogens is 238 g/mol. The summed E-state index contributed by atoms with van der Waals surface area (Å²) < 4.78 is 0. The molecule has 1 aliphatic carbocycles. The minimum absolute atomic E-state index is 0.000110. The van der Waals surface area contributed by atoms with Crippen LogP contribution in [0.2, 0.25) is 0 Å². The van der Waals surface area contributed by atoms with Gasteiger partial charge in [0.05, 0.1) is 6.04 Å². The van der Waals surface area contributed by atoms with Crippen LogP contribution in [0.15, 0.2) is 54.6 Å². The van der Waals surface area contributed by atoms with E-state index < -0.39 is 6.04 Å². The molecule has 19 heavy (non-hydrogen) atoms. The Balaban J connectivity index is 1.77. The molecule has 3 rings (SSSR count). The average molecular weight is 251 g/mol. The van der Waals surface area contributed by atoms with Crippen molar-refractivity contribution in [2.75, 3.05) is 0 Å². The fraction of sp³-hybridized carbons (Fsp3) is 0.125. The first-order valence-corrected chi connectivity index (χ1v) is 6.24. The molecule has 0 saturated heterocycles. The van der Waals surface area contributed by atoms with Gasteiger partial charge in [-0.2, -0.15) is 0 Å². The summed E-state index contributed by atoms with van der Waals surface area (Å²) in [5, 5.41) is 2.80. The number of carbonyl (C=O) groups is 2. The van der Waals surface area contributed by atoms with Crippen LogP contribution in [-0.4, -0.2) is 17.7 Å². The summed E-state index contributed by atoms with van der Waals surface area (Å²) in [4.78, 5) is 24.2. The zero-order valence-electron chi connectivity index (χ0n) is 10.3. The number of hydrogen-bond acceptors (Lipinski definition) is 2. The van der Waals surface area contributed by atoms with Gasteiger partial charge in [0.25, 0.3) is 5.91 Å². The third kappa shape index (κ3) is 2.15. The normalized spacial score (nSPS) is 17.1. The maximum atomic E-state index is 12.1. The molecule has 0 fully saturated rings. The van der Waals surface area contributed by atoms with Crippen LogP contribution in [0.5, 0.6) is 0 Å². The Bertz CT molecular complexity index is 634. The van der Waals surface area contributed by atoms with E-state index in [1.165, 1.54) is 0 Å². The van der Waals surface area contributed by atoms with Gasteiger partial charge in [-0.1, -0.05) is 42.5 Å². The molecule has 1 N–H and O–H groups in total. The molecule has 0 aromatic heterocycles. The lowest BCUT2D eigenvalue weighted by Gasteiger charge is -2.10. The second-order valence-corrected chi connectivity index (χ2v) is 4.62. The molecule has 3 heteroatoms. The van der Waals surface area contributed by atoms with Crippen molar-refractivity contribution in [3.63, 3.8) is 0 Å². The number of ketones is 1. The van der Waals surface area contributed by atoms with E-state index in [2.05, 4.69) is 5.32 Å². The predicted octanol–water partition coefficient (Wildman–Crippen LogP) is 2.22. The highest BCUT2D eigenvalue weighted by Gasteiger charge is 2.31. The molecule has 1 amide bonds. The summed E-state index contributed by atoms with van der Waals surface area (Å²) in [5.74, 6) is -0.202. The number of rotatable bonds is 2. The van der Waals surface area contributed by atoms with Gasteiger partial charge >= 0.3 is 0 Å². The van der Waals surface area contributed by atoms with Crippen molar-refractivity contribution < 1.29 is 9.59 Å². The molecule has 3 nitrogen and oxygen atoms in total. The van der Waals surface area contributed by atoms with Crippen LogP contribution in [0.3, 0.4) is 0 Å². The van der Waals surface area contributed by atoms with Gasteiger partial charge in [0.2, 0.25) is 0 Å². The standard InChI is InChI=1S/C16H13NO2/c18-15-13-9-5-4-8-12(13)10-14(15)17-16(19)11-6-2-1-3-7-11/h1-9,14H,10H2,(H,17,19). The Hall–Kier alpha value is -2.42. The van der Waals surface area contributed by atoms with Crippen LogP contribution in [-0.2, 0) is 6.42 Å². The summed E-state index contributed by atoms with van der Waals surface area (Å²) in [6, 6.07) is 16.0. The van der Waals surface area contributed by atoms with Crippen LogP contribution < -0.4 is 5.32 Å². The number of hydrogen-bond donors (Lipinski definition) is 1. The zero-order valence-corrected chi connectivity index (χ0v) is 10.3. The highest BCUT2D eigenvalue weighted by Crippen LogP contribution is 2.22. The molecule has 1 unspecified atom stereocenters. The Morgan fingerprint density at radius 1 is 1.00 bits per heavy atom. The molecule has 1 atom stereocenters. The van der Waals surface area contributed by atoms with Gasteiger partial charge in [-0.15, -0.1) is 0 Å². The van der Waals surface area contributed by atoms with Crippen molar-refractivity contribution in [2.45, 2.75) is 12.5 Å². The first kappa shape index (κ1) is 11.7. The predicted molar refractivity (Wildman–Crippen MR) is 72.2 cm³/mol. The van der Waals surface area contributed by atoms with Crippen molar-refractivity contribution in [3.05, 3.63) is 71.3 Å². The summed E-state index contributed by atoms with van der Waals surface area (Å²) in [5.41, 5.74) is 2.30. The molecular formula is C16H13NO2. The summed E-state index contributed by atoms with van der Waals surface area (Å²) >= 11 is 0. The maximum absolute atomic E-state index is 12.1. The van der Waals surface area contributed by atoms with Gasteiger partial charge in [0, 0.05) is 17.5 Å². The lowest BCUT2D eigenvalue weighted by Crippen LogP contribution is -2.39. The molecule has 0 spiro atoms. The molecule has 1 aliphatic rings. The van der Waals surface area contributed by atoms with Gasteiger partial charge in [-0.25, -0.2) is 0 Å². The Morgan fingerprint density at radius 3 is 2.42 bits per heavy atom. The third-order valence-electron chi connectivity index (χ3n) is 3.36. The number of carbonyl (C=O) groups excluding carboxylic acids is 2. The van der Waals surface area contributed by atoms with Gasteiger partial charge in [0.15, 0.2) is 5.78 Å². The van der Waals surface area contributed by atoms with Crippen LogP contribution in [0.1, 0.15) is 26.3 Å². The highest BCUT2D eigenvalue weighted by molar-refractivity contribution is 6.07. The van der Waals surface area contributed by atoms with Crippen molar-refractivity contribution >= 4 is 11.7 Å². The van der Waals surface area contributed by atoms with E-state index in [0.717, 1.165) is 11.1 Å². The fourth-order valence-corrected chi connectivity index (χ4v) is 2.39. The number of fused-ring (bicyclic) bond motifs is 1. The monoisotopic (exact) mass is 251 g/mol. The molecule has 0 radical (unpaired) electrons. The largest absolute Gasteiger partial charge is 0.342 e. The molecule has 2 aromatic rings. The van der Waals surface area contributed by atoms with Crippen LogP contribution >= 0.6 is 0 Å². The molecule has 2 aromatic carbocycles. The molecule has 0 aliphatic heterocycles. The van der Waals surface area contributed by atoms with E-state index in [9.17, 15) is 9.59 Å². The van der Waals surface area contributed by atoms with Gasteiger partial charge in [0.1, 0.15) is 0 Å². The molecule has 0 bridgehead atoms. The SMILES string of the molecule is O=C(NC1Cc2ccccc2C1=O)c1ccccc1. The van der Waals surface area contributed by atoms with E-state index in [1.807, 2.05) is 30.3 Å². The molecule has 0 heterocycles.